The fourth-order valence-corrected chi connectivity index (χ4v) is 2.22. The Labute approximate surface area is 107 Å². The minimum atomic E-state index is -0.204. The first-order valence-electron chi connectivity index (χ1n) is 6.08. The summed E-state index contributed by atoms with van der Waals surface area (Å²) in [4.78, 5) is 0. The number of hydrogen-bond acceptors (Lipinski definition) is 1. The van der Waals surface area contributed by atoms with Crippen molar-refractivity contribution in [2.24, 2.45) is 5.73 Å². The smallest absolute Gasteiger partial charge is 0.126 e. The van der Waals surface area contributed by atoms with Crippen LogP contribution in [-0.2, 0) is 0 Å². The maximum Gasteiger partial charge on any atom is 0.126 e. The van der Waals surface area contributed by atoms with Gasteiger partial charge in [0.2, 0.25) is 0 Å². The fraction of sp³-hybridized carbons (Fsp3) is 0.250. The summed E-state index contributed by atoms with van der Waals surface area (Å²) >= 11 is 0. The van der Waals surface area contributed by atoms with Crippen molar-refractivity contribution in [1.29, 1.82) is 0 Å². The molecule has 0 radical (unpaired) electrons. The second kappa shape index (κ2) is 4.91. The summed E-state index contributed by atoms with van der Waals surface area (Å²) in [5.41, 5.74) is 11.3. The van der Waals surface area contributed by atoms with Crippen LogP contribution in [0, 0.1) is 26.6 Å². The van der Waals surface area contributed by atoms with Crippen molar-refractivity contribution >= 4 is 0 Å². The van der Waals surface area contributed by atoms with Gasteiger partial charge in [0.15, 0.2) is 0 Å². The third-order valence-corrected chi connectivity index (χ3v) is 3.30. The summed E-state index contributed by atoms with van der Waals surface area (Å²) in [7, 11) is 0. The van der Waals surface area contributed by atoms with Crippen LogP contribution in [0.4, 0.5) is 4.39 Å². The van der Waals surface area contributed by atoms with E-state index in [1.165, 1.54) is 17.2 Å². The molecule has 1 nitrogen and oxygen atoms in total. The predicted molar refractivity (Wildman–Crippen MR) is 73.1 cm³/mol. The van der Waals surface area contributed by atoms with Gasteiger partial charge in [-0.15, -0.1) is 0 Å². The second-order valence-corrected chi connectivity index (χ2v) is 4.85. The molecule has 2 aromatic rings. The van der Waals surface area contributed by atoms with Crippen LogP contribution in [0.15, 0.2) is 36.4 Å². The first-order valence-corrected chi connectivity index (χ1v) is 6.08. The van der Waals surface area contributed by atoms with E-state index in [1.54, 1.807) is 13.0 Å². The monoisotopic (exact) mass is 243 g/mol. The second-order valence-electron chi connectivity index (χ2n) is 4.85. The molecule has 0 saturated heterocycles. The standard InChI is InChI=1S/C16H18FN/c1-10-4-6-14(11(2)8-10)16(18)13-5-7-15(17)12(3)9-13/h4-9,16H,18H2,1-3H3. The lowest BCUT2D eigenvalue weighted by molar-refractivity contribution is 0.617. The van der Waals surface area contributed by atoms with Gasteiger partial charge in [-0.2, -0.15) is 0 Å². The van der Waals surface area contributed by atoms with Gasteiger partial charge in [0.25, 0.3) is 0 Å². The maximum atomic E-state index is 13.3. The summed E-state index contributed by atoms with van der Waals surface area (Å²) in [6.45, 7) is 5.87. The minimum Gasteiger partial charge on any atom is -0.320 e. The topological polar surface area (TPSA) is 26.0 Å². The summed E-state index contributed by atoms with van der Waals surface area (Å²) in [6.07, 6.45) is 0. The van der Waals surface area contributed by atoms with Gasteiger partial charge in [0, 0.05) is 0 Å². The van der Waals surface area contributed by atoms with Crippen molar-refractivity contribution < 1.29 is 4.39 Å². The molecule has 0 spiro atoms. The first-order chi connectivity index (χ1) is 8.49. The molecule has 2 aromatic carbocycles. The van der Waals surface area contributed by atoms with Gasteiger partial charge >= 0.3 is 0 Å². The number of rotatable bonds is 2. The quantitative estimate of drug-likeness (QED) is 0.853. The number of benzene rings is 2. The van der Waals surface area contributed by atoms with Crippen LogP contribution >= 0.6 is 0 Å². The average Bonchev–Trinajstić information content (AvgIpc) is 2.32. The number of nitrogens with two attached hydrogens (primary N) is 1. The third kappa shape index (κ3) is 2.44. The Bertz CT molecular complexity index is 575. The Hall–Kier alpha value is -1.67. The number of halogens is 1. The van der Waals surface area contributed by atoms with E-state index in [0.29, 0.717) is 5.56 Å². The molecule has 2 rings (SSSR count). The zero-order chi connectivity index (χ0) is 13.3. The van der Waals surface area contributed by atoms with E-state index in [0.717, 1.165) is 11.1 Å². The third-order valence-electron chi connectivity index (χ3n) is 3.30. The largest absolute Gasteiger partial charge is 0.320 e. The van der Waals surface area contributed by atoms with Crippen molar-refractivity contribution in [3.63, 3.8) is 0 Å². The maximum absolute atomic E-state index is 13.3. The molecule has 0 heterocycles. The molecule has 18 heavy (non-hydrogen) atoms. The van der Waals surface area contributed by atoms with Crippen molar-refractivity contribution in [3.8, 4) is 0 Å². The molecule has 2 N–H and O–H groups in total. The summed E-state index contributed by atoms with van der Waals surface area (Å²) in [5.74, 6) is -0.188. The number of hydrogen-bond donors (Lipinski definition) is 1. The van der Waals surface area contributed by atoms with Crippen molar-refractivity contribution in [1.82, 2.24) is 0 Å². The molecular weight excluding hydrogens is 225 g/mol. The Balaban J connectivity index is 2.41. The van der Waals surface area contributed by atoms with Gasteiger partial charge in [0.05, 0.1) is 6.04 Å². The lowest BCUT2D eigenvalue weighted by Gasteiger charge is -2.16. The van der Waals surface area contributed by atoms with Gasteiger partial charge in [-0.25, -0.2) is 4.39 Å². The molecule has 0 aromatic heterocycles. The van der Waals surface area contributed by atoms with E-state index in [-0.39, 0.29) is 11.9 Å². The molecule has 0 aliphatic rings. The molecule has 0 amide bonds. The molecule has 1 atom stereocenters. The Morgan fingerprint density at radius 2 is 1.67 bits per heavy atom. The van der Waals surface area contributed by atoms with Gasteiger partial charge in [-0.05, 0) is 49.1 Å². The Morgan fingerprint density at radius 1 is 0.944 bits per heavy atom. The molecule has 0 aliphatic carbocycles. The lowest BCUT2D eigenvalue weighted by Crippen LogP contribution is -2.13. The molecule has 2 heteroatoms. The lowest BCUT2D eigenvalue weighted by atomic mass is 9.94. The molecule has 0 aliphatic heterocycles. The zero-order valence-electron chi connectivity index (χ0n) is 11.0. The summed E-state index contributed by atoms with van der Waals surface area (Å²) in [6, 6.07) is 11.1. The van der Waals surface area contributed by atoms with Crippen LogP contribution in [0.2, 0.25) is 0 Å². The minimum absolute atomic E-state index is 0.188. The Kier molecular flexibility index (Phi) is 3.48. The van der Waals surface area contributed by atoms with Crippen LogP contribution in [0.25, 0.3) is 0 Å². The average molecular weight is 243 g/mol. The van der Waals surface area contributed by atoms with Crippen molar-refractivity contribution in [3.05, 3.63) is 70.0 Å². The van der Waals surface area contributed by atoms with E-state index in [9.17, 15) is 4.39 Å². The van der Waals surface area contributed by atoms with Crippen molar-refractivity contribution in [2.75, 3.05) is 0 Å². The van der Waals surface area contributed by atoms with Crippen molar-refractivity contribution in [2.45, 2.75) is 26.8 Å². The van der Waals surface area contributed by atoms with Crippen LogP contribution in [0.5, 0.6) is 0 Å². The first kappa shape index (κ1) is 12.8. The number of aryl methyl sites for hydroxylation is 3. The van der Waals surface area contributed by atoms with Gasteiger partial charge in [-0.1, -0.05) is 35.9 Å². The predicted octanol–water partition coefficient (Wildman–Crippen LogP) is 3.80. The highest BCUT2D eigenvalue weighted by molar-refractivity contribution is 5.39. The van der Waals surface area contributed by atoms with Gasteiger partial charge in [0.1, 0.15) is 5.82 Å². The highest BCUT2D eigenvalue weighted by atomic mass is 19.1. The zero-order valence-corrected chi connectivity index (χ0v) is 11.0. The molecule has 0 fully saturated rings. The summed E-state index contributed by atoms with van der Waals surface area (Å²) in [5, 5.41) is 0. The van der Waals surface area contributed by atoms with E-state index in [2.05, 4.69) is 26.0 Å². The Morgan fingerprint density at radius 3 is 2.28 bits per heavy atom. The van der Waals surface area contributed by atoms with E-state index >= 15 is 0 Å². The fourth-order valence-electron chi connectivity index (χ4n) is 2.22. The van der Waals surface area contributed by atoms with Crippen LogP contribution in [0.1, 0.15) is 33.9 Å². The van der Waals surface area contributed by atoms with E-state index in [4.69, 9.17) is 5.73 Å². The van der Waals surface area contributed by atoms with Crippen LogP contribution < -0.4 is 5.73 Å². The van der Waals surface area contributed by atoms with Gasteiger partial charge < -0.3 is 5.73 Å². The highest BCUT2D eigenvalue weighted by Gasteiger charge is 2.12. The summed E-state index contributed by atoms with van der Waals surface area (Å²) < 4.78 is 13.3. The normalized spacial score (nSPS) is 12.5. The van der Waals surface area contributed by atoms with E-state index < -0.39 is 0 Å². The molecule has 0 bridgehead atoms. The SMILES string of the molecule is Cc1ccc(C(N)c2ccc(F)c(C)c2)c(C)c1. The molecular formula is C16H18FN. The molecule has 1 unspecified atom stereocenters. The van der Waals surface area contributed by atoms with Crippen LogP contribution in [0.3, 0.4) is 0 Å². The van der Waals surface area contributed by atoms with Crippen LogP contribution in [-0.4, -0.2) is 0 Å². The molecule has 94 valence electrons. The highest BCUT2D eigenvalue weighted by Crippen LogP contribution is 2.24. The van der Waals surface area contributed by atoms with E-state index in [1.807, 2.05) is 12.1 Å². The molecule has 0 saturated carbocycles. The van der Waals surface area contributed by atoms with Gasteiger partial charge in [-0.3, -0.25) is 0 Å².